The van der Waals surface area contributed by atoms with Gasteiger partial charge in [-0.1, -0.05) is 0 Å². The van der Waals surface area contributed by atoms with Crippen molar-refractivity contribution in [1.29, 1.82) is 0 Å². The average molecular weight is 307 g/mol. The van der Waals surface area contributed by atoms with Gasteiger partial charge in [-0.15, -0.1) is 11.3 Å². The zero-order valence-corrected chi connectivity index (χ0v) is 12.5. The summed E-state index contributed by atoms with van der Waals surface area (Å²) >= 11 is 1.39. The highest BCUT2D eigenvalue weighted by Crippen LogP contribution is 2.19. The molecule has 0 bridgehead atoms. The SMILES string of the molecule is COCc1csc(NC(=O)N[C@@H]2CCc3[nH]ncc3C2)n1. The molecule has 0 unspecified atom stereocenters. The van der Waals surface area contributed by atoms with Crippen LogP contribution in [0.1, 0.15) is 23.4 Å². The molecule has 0 fully saturated rings. The molecule has 2 amide bonds. The van der Waals surface area contributed by atoms with Crippen LogP contribution in [0.3, 0.4) is 0 Å². The third-order valence-electron chi connectivity index (χ3n) is 3.42. The van der Waals surface area contributed by atoms with E-state index in [2.05, 4.69) is 25.8 Å². The van der Waals surface area contributed by atoms with E-state index >= 15 is 0 Å². The molecule has 0 saturated heterocycles. The van der Waals surface area contributed by atoms with Gasteiger partial charge in [0, 0.05) is 24.2 Å². The summed E-state index contributed by atoms with van der Waals surface area (Å²) in [7, 11) is 1.62. The first-order valence-electron chi connectivity index (χ1n) is 6.76. The highest BCUT2D eigenvalue weighted by atomic mass is 32.1. The Balaban J connectivity index is 1.52. The van der Waals surface area contributed by atoms with E-state index in [1.807, 2.05) is 11.6 Å². The second kappa shape index (κ2) is 6.23. The molecular formula is C13H17N5O2S. The molecule has 3 rings (SSSR count). The zero-order chi connectivity index (χ0) is 14.7. The van der Waals surface area contributed by atoms with Crippen LogP contribution in [-0.4, -0.2) is 34.4 Å². The maximum absolute atomic E-state index is 12.0. The maximum atomic E-state index is 12.0. The van der Waals surface area contributed by atoms with Gasteiger partial charge in [0.15, 0.2) is 5.13 Å². The molecule has 2 aromatic rings. The quantitative estimate of drug-likeness (QED) is 0.801. The van der Waals surface area contributed by atoms with E-state index in [1.165, 1.54) is 22.6 Å². The van der Waals surface area contributed by atoms with Crippen LogP contribution in [0, 0.1) is 0 Å². The number of amides is 2. The van der Waals surface area contributed by atoms with Gasteiger partial charge in [0.2, 0.25) is 0 Å². The molecule has 112 valence electrons. The molecule has 1 atom stereocenters. The van der Waals surface area contributed by atoms with Crippen LogP contribution >= 0.6 is 11.3 Å². The van der Waals surface area contributed by atoms with Crippen molar-refractivity contribution in [2.24, 2.45) is 0 Å². The van der Waals surface area contributed by atoms with Crippen LogP contribution in [0.25, 0.3) is 0 Å². The number of carbonyl (C=O) groups is 1. The Bertz CT molecular complexity index is 624. The minimum absolute atomic E-state index is 0.133. The van der Waals surface area contributed by atoms with Crippen LogP contribution in [0.4, 0.5) is 9.93 Å². The van der Waals surface area contributed by atoms with Gasteiger partial charge in [0.05, 0.1) is 18.5 Å². The van der Waals surface area contributed by atoms with E-state index in [9.17, 15) is 4.79 Å². The van der Waals surface area contributed by atoms with E-state index in [1.54, 1.807) is 7.11 Å². The summed E-state index contributed by atoms with van der Waals surface area (Å²) in [6, 6.07) is -0.0845. The van der Waals surface area contributed by atoms with Crippen LogP contribution in [0.2, 0.25) is 0 Å². The number of aryl methyl sites for hydroxylation is 1. The summed E-state index contributed by atoms with van der Waals surface area (Å²) in [6.45, 7) is 0.450. The number of hydrogen-bond donors (Lipinski definition) is 3. The molecule has 21 heavy (non-hydrogen) atoms. The Labute approximate surface area is 126 Å². The number of carbonyl (C=O) groups excluding carboxylic acids is 1. The van der Waals surface area contributed by atoms with Gasteiger partial charge in [0.25, 0.3) is 0 Å². The van der Waals surface area contributed by atoms with Gasteiger partial charge in [-0.2, -0.15) is 5.10 Å². The number of aromatic amines is 1. The number of hydrogen-bond acceptors (Lipinski definition) is 5. The molecule has 8 heteroatoms. The van der Waals surface area contributed by atoms with Crippen molar-refractivity contribution in [3.05, 3.63) is 28.5 Å². The first-order chi connectivity index (χ1) is 10.2. The number of rotatable bonds is 4. The van der Waals surface area contributed by atoms with Gasteiger partial charge in [-0.25, -0.2) is 9.78 Å². The molecule has 2 heterocycles. The van der Waals surface area contributed by atoms with Crippen molar-refractivity contribution in [3.8, 4) is 0 Å². The fraction of sp³-hybridized carbons (Fsp3) is 0.462. The van der Waals surface area contributed by atoms with Gasteiger partial charge in [0.1, 0.15) is 0 Å². The number of anilines is 1. The Kier molecular flexibility index (Phi) is 4.16. The number of methoxy groups -OCH3 is 1. The number of H-pyrrole nitrogens is 1. The Morgan fingerprint density at radius 1 is 1.62 bits per heavy atom. The molecule has 0 aliphatic heterocycles. The fourth-order valence-corrected chi connectivity index (χ4v) is 3.13. The molecule has 2 aromatic heterocycles. The number of urea groups is 1. The lowest BCUT2D eigenvalue weighted by Crippen LogP contribution is -2.41. The highest BCUT2D eigenvalue weighted by molar-refractivity contribution is 7.13. The fourth-order valence-electron chi connectivity index (χ4n) is 2.44. The number of nitrogens with one attached hydrogen (secondary N) is 3. The molecule has 3 N–H and O–H groups in total. The third-order valence-corrected chi connectivity index (χ3v) is 4.22. The molecular weight excluding hydrogens is 290 g/mol. The normalized spacial score (nSPS) is 17.3. The average Bonchev–Trinajstić information content (AvgIpc) is 3.08. The van der Waals surface area contributed by atoms with Gasteiger partial charge >= 0.3 is 6.03 Å². The first kappa shape index (κ1) is 14.0. The number of nitrogens with zero attached hydrogens (tertiary/aromatic N) is 2. The van der Waals surface area contributed by atoms with Gasteiger partial charge < -0.3 is 10.1 Å². The summed E-state index contributed by atoms with van der Waals surface area (Å²) in [6.07, 6.45) is 4.47. The second-order valence-corrected chi connectivity index (χ2v) is 5.85. The van der Waals surface area contributed by atoms with E-state index < -0.39 is 0 Å². The molecule has 0 spiro atoms. The van der Waals surface area contributed by atoms with Crippen molar-refractivity contribution >= 4 is 22.5 Å². The van der Waals surface area contributed by atoms with Crippen LogP contribution in [0.15, 0.2) is 11.6 Å². The minimum Gasteiger partial charge on any atom is -0.378 e. The molecule has 1 aliphatic rings. The Morgan fingerprint density at radius 2 is 2.52 bits per heavy atom. The predicted molar refractivity (Wildman–Crippen MR) is 79.4 cm³/mol. The van der Waals surface area contributed by atoms with E-state index in [0.717, 1.165) is 25.0 Å². The van der Waals surface area contributed by atoms with Crippen LogP contribution in [0.5, 0.6) is 0 Å². The number of fused-ring (bicyclic) bond motifs is 1. The van der Waals surface area contributed by atoms with Gasteiger partial charge in [-0.05, 0) is 24.8 Å². The van der Waals surface area contributed by atoms with Crippen molar-refractivity contribution in [3.63, 3.8) is 0 Å². The highest BCUT2D eigenvalue weighted by Gasteiger charge is 2.21. The van der Waals surface area contributed by atoms with Crippen LogP contribution < -0.4 is 10.6 Å². The second-order valence-electron chi connectivity index (χ2n) is 4.99. The summed E-state index contributed by atoms with van der Waals surface area (Å²) in [5, 5.41) is 15.2. The summed E-state index contributed by atoms with van der Waals surface area (Å²) in [5.74, 6) is 0. The van der Waals surface area contributed by atoms with Crippen molar-refractivity contribution in [2.75, 3.05) is 12.4 Å². The molecule has 0 radical (unpaired) electrons. The van der Waals surface area contributed by atoms with E-state index in [-0.39, 0.29) is 12.1 Å². The largest absolute Gasteiger partial charge is 0.378 e. The molecule has 7 nitrogen and oxygen atoms in total. The third kappa shape index (κ3) is 3.40. The van der Waals surface area contributed by atoms with Crippen molar-refractivity contribution < 1.29 is 9.53 Å². The van der Waals surface area contributed by atoms with Crippen LogP contribution in [-0.2, 0) is 24.2 Å². The Hall–Kier alpha value is -1.93. The van der Waals surface area contributed by atoms with E-state index in [4.69, 9.17) is 4.74 Å². The topological polar surface area (TPSA) is 91.9 Å². The molecule has 0 aromatic carbocycles. The van der Waals surface area contributed by atoms with Gasteiger partial charge in [-0.3, -0.25) is 10.4 Å². The van der Waals surface area contributed by atoms with Crippen molar-refractivity contribution in [1.82, 2.24) is 20.5 Å². The zero-order valence-electron chi connectivity index (χ0n) is 11.7. The summed E-state index contributed by atoms with van der Waals surface area (Å²) in [5.41, 5.74) is 3.18. The molecule has 1 aliphatic carbocycles. The monoisotopic (exact) mass is 307 g/mol. The lowest BCUT2D eigenvalue weighted by Gasteiger charge is -2.22. The first-order valence-corrected chi connectivity index (χ1v) is 7.64. The number of ether oxygens (including phenoxy) is 1. The minimum atomic E-state index is -0.217. The van der Waals surface area contributed by atoms with E-state index in [0.29, 0.717) is 11.7 Å². The summed E-state index contributed by atoms with van der Waals surface area (Å²) < 4.78 is 5.00. The Morgan fingerprint density at radius 3 is 3.38 bits per heavy atom. The number of aromatic nitrogens is 3. The maximum Gasteiger partial charge on any atom is 0.321 e. The predicted octanol–water partition coefficient (Wildman–Crippen LogP) is 1.69. The van der Waals surface area contributed by atoms with Crippen molar-refractivity contribution in [2.45, 2.75) is 31.9 Å². The smallest absolute Gasteiger partial charge is 0.321 e. The standard InChI is InChI=1S/C13H17N5O2S/c1-20-6-10-7-21-13(16-10)17-12(19)15-9-2-3-11-8(4-9)5-14-18-11/h5,7,9H,2-4,6H2,1H3,(H,14,18)(H2,15,16,17,19)/t9-/m1/s1. The summed E-state index contributed by atoms with van der Waals surface area (Å²) in [4.78, 5) is 16.3. The lowest BCUT2D eigenvalue weighted by atomic mass is 9.94. The number of thiazole rings is 1. The lowest BCUT2D eigenvalue weighted by molar-refractivity contribution is 0.182. The molecule has 0 saturated carbocycles.